The number of benzene rings is 2. The first-order valence-electron chi connectivity index (χ1n) is 7.12. The first-order chi connectivity index (χ1) is 11.3. The monoisotopic (exact) mass is 338 g/mol. The fourth-order valence-electron chi connectivity index (χ4n) is 2.25. The van der Waals surface area contributed by atoms with Gasteiger partial charge in [0, 0.05) is 13.6 Å². The second kappa shape index (κ2) is 7.25. The molecule has 0 aliphatic heterocycles. The van der Waals surface area contributed by atoms with Crippen LogP contribution in [-0.4, -0.2) is 20.3 Å². The average Bonchev–Trinajstić information content (AvgIpc) is 2.54. The molecule has 2 rings (SSSR count). The number of rotatable bonds is 4. The molecule has 0 fully saturated rings. The number of nitrogens with zero attached hydrogens (tertiary/aromatic N) is 1. The average molecular weight is 338 g/mol. The molecule has 7 heteroatoms. The van der Waals surface area contributed by atoms with E-state index in [1.54, 1.807) is 11.9 Å². The van der Waals surface area contributed by atoms with E-state index in [9.17, 15) is 18.0 Å². The van der Waals surface area contributed by atoms with Gasteiger partial charge in [-0.15, -0.1) is 0 Å². The molecule has 0 radical (unpaired) electrons. The van der Waals surface area contributed by atoms with Gasteiger partial charge in [-0.05, 0) is 23.8 Å². The highest BCUT2D eigenvalue weighted by molar-refractivity contribution is 5.90. The van der Waals surface area contributed by atoms with Crippen molar-refractivity contribution < 1.29 is 22.7 Å². The van der Waals surface area contributed by atoms with Crippen LogP contribution in [0.2, 0.25) is 0 Å². The van der Waals surface area contributed by atoms with Crippen LogP contribution >= 0.6 is 0 Å². The Labute approximate surface area is 137 Å². The summed E-state index contributed by atoms with van der Waals surface area (Å²) >= 11 is 0. The smallest absolute Gasteiger partial charge is 0.416 e. The van der Waals surface area contributed by atoms with Crippen molar-refractivity contribution in [2.75, 3.05) is 24.4 Å². The van der Waals surface area contributed by atoms with Gasteiger partial charge in [0.2, 0.25) is 0 Å². The van der Waals surface area contributed by atoms with Crippen LogP contribution in [0.4, 0.5) is 29.3 Å². The summed E-state index contributed by atoms with van der Waals surface area (Å²) < 4.78 is 43.2. The van der Waals surface area contributed by atoms with Crippen molar-refractivity contribution in [1.29, 1.82) is 0 Å². The van der Waals surface area contributed by atoms with Gasteiger partial charge in [-0.3, -0.25) is 5.32 Å². The van der Waals surface area contributed by atoms with Gasteiger partial charge in [-0.1, -0.05) is 30.3 Å². The summed E-state index contributed by atoms with van der Waals surface area (Å²) in [5.41, 5.74) is 0.641. The van der Waals surface area contributed by atoms with E-state index in [0.717, 1.165) is 24.8 Å². The summed E-state index contributed by atoms with van der Waals surface area (Å²) in [6.07, 6.45) is -5.33. The zero-order valence-corrected chi connectivity index (χ0v) is 13.2. The van der Waals surface area contributed by atoms with E-state index in [2.05, 4.69) is 10.1 Å². The molecule has 1 amide bonds. The van der Waals surface area contributed by atoms with Crippen LogP contribution in [0.15, 0.2) is 48.5 Å². The predicted molar refractivity (Wildman–Crippen MR) is 86.0 cm³/mol. The van der Waals surface area contributed by atoms with Gasteiger partial charge in [0.05, 0.1) is 24.0 Å². The highest BCUT2D eigenvalue weighted by atomic mass is 19.4. The Balaban J connectivity index is 2.34. The zero-order chi connectivity index (χ0) is 17.7. The van der Waals surface area contributed by atoms with E-state index in [-0.39, 0.29) is 5.69 Å². The van der Waals surface area contributed by atoms with Gasteiger partial charge in [0.15, 0.2) is 0 Å². The molecule has 0 aliphatic rings. The topological polar surface area (TPSA) is 41.6 Å². The molecule has 0 bridgehead atoms. The molecule has 0 unspecified atom stereocenters. The molecule has 2 aromatic carbocycles. The summed E-state index contributed by atoms with van der Waals surface area (Å²) in [5, 5.41) is 2.34. The Morgan fingerprint density at radius 3 is 2.42 bits per heavy atom. The maximum atomic E-state index is 12.9. The minimum absolute atomic E-state index is 0.0371. The number of nitrogens with one attached hydrogen (secondary N) is 1. The number of hydrogen-bond acceptors (Lipinski definition) is 3. The van der Waals surface area contributed by atoms with Crippen molar-refractivity contribution in [2.45, 2.75) is 12.7 Å². The number of carbonyl (C=O) groups is 1. The Morgan fingerprint density at radius 1 is 1.17 bits per heavy atom. The van der Waals surface area contributed by atoms with Crippen LogP contribution in [0.3, 0.4) is 0 Å². The van der Waals surface area contributed by atoms with E-state index in [1.807, 2.05) is 30.3 Å². The van der Waals surface area contributed by atoms with Gasteiger partial charge in [0.1, 0.15) is 0 Å². The number of ether oxygens (including phenoxy) is 1. The summed E-state index contributed by atoms with van der Waals surface area (Å²) in [4.78, 5) is 13.2. The largest absolute Gasteiger partial charge is 0.453 e. The van der Waals surface area contributed by atoms with Crippen LogP contribution < -0.4 is 10.2 Å². The Bertz CT molecular complexity index is 703. The first-order valence-corrected chi connectivity index (χ1v) is 7.12. The van der Waals surface area contributed by atoms with Crippen molar-refractivity contribution in [1.82, 2.24) is 0 Å². The second-order valence-corrected chi connectivity index (χ2v) is 5.19. The molecule has 0 atom stereocenters. The lowest BCUT2D eigenvalue weighted by atomic mass is 10.1. The standard InChI is InChI=1S/C17H17F3N2O2/c1-22(11-12-6-4-3-5-7-12)15-9-8-13(17(18,19)20)10-14(15)21-16(23)24-2/h3-10H,11H2,1-2H3,(H,21,23). The third-order valence-electron chi connectivity index (χ3n) is 3.42. The third-order valence-corrected chi connectivity index (χ3v) is 3.42. The third kappa shape index (κ3) is 4.41. The maximum absolute atomic E-state index is 12.9. The van der Waals surface area contributed by atoms with E-state index < -0.39 is 17.8 Å². The Hall–Kier alpha value is -2.70. The first kappa shape index (κ1) is 17.7. The van der Waals surface area contributed by atoms with Gasteiger partial charge >= 0.3 is 12.3 Å². The molecule has 0 aliphatic carbocycles. The van der Waals surface area contributed by atoms with Crippen LogP contribution in [0.1, 0.15) is 11.1 Å². The number of methoxy groups -OCH3 is 1. The Kier molecular flexibility index (Phi) is 5.33. The fourth-order valence-corrected chi connectivity index (χ4v) is 2.25. The van der Waals surface area contributed by atoms with Crippen molar-refractivity contribution in [3.05, 3.63) is 59.7 Å². The summed E-state index contributed by atoms with van der Waals surface area (Å²) in [6.45, 7) is 0.474. The summed E-state index contributed by atoms with van der Waals surface area (Å²) in [5.74, 6) is 0. The minimum atomic E-state index is -4.50. The van der Waals surface area contributed by atoms with Crippen molar-refractivity contribution in [3.63, 3.8) is 0 Å². The van der Waals surface area contributed by atoms with Crippen molar-refractivity contribution in [2.24, 2.45) is 0 Å². The van der Waals surface area contributed by atoms with Crippen molar-refractivity contribution in [3.8, 4) is 0 Å². The molecule has 128 valence electrons. The highest BCUT2D eigenvalue weighted by Gasteiger charge is 2.31. The number of carbonyl (C=O) groups excluding carboxylic acids is 1. The van der Waals surface area contributed by atoms with Gasteiger partial charge in [0.25, 0.3) is 0 Å². The van der Waals surface area contributed by atoms with Gasteiger partial charge in [-0.2, -0.15) is 13.2 Å². The van der Waals surface area contributed by atoms with Gasteiger partial charge in [-0.25, -0.2) is 4.79 Å². The van der Waals surface area contributed by atoms with Gasteiger partial charge < -0.3 is 9.64 Å². The van der Waals surface area contributed by atoms with E-state index in [0.29, 0.717) is 12.2 Å². The molecular weight excluding hydrogens is 321 g/mol. The number of amides is 1. The van der Waals surface area contributed by atoms with E-state index in [4.69, 9.17) is 0 Å². The number of anilines is 2. The Morgan fingerprint density at radius 2 is 1.83 bits per heavy atom. The molecule has 1 N–H and O–H groups in total. The lowest BCUT2D eigenvalue weighted by Gasteiger charge is -2.23. The maximum Gasteiger partial charge on any atom is 0.416 e. The molecule has 0 spiro atoms. The lowest BCUT2D eigenvalue weighted by Crippen LogP contribution is -2.21. The zero-order valence-electron chi connectivity index (χ0n) is 13.2. The minimum Gasteiger partial charge on any atom is -0.453 e. The molecule has 2 aromatic rings. The van der Waals surface area contributed by atoms with Crippen LogP contribution in [0.5, 0.6) is 0 Å². The van der Waals surface area contributed by atoms with E-state index in [1.165, 1.54) is 6.07 Å². The summed E-state index contributed by atoms with van der Waals surface area (Å²) in [6, 6.07) is 12.7. The predicted octanol–water partition coefficient (Wildman–Crippen LogP) is 4.52. The normalized spacial score (nSPS) is 11.0. The molecule has 4 nitrogen and oxygen atoms in total. The SMILES string of the molecule is COC(=O)Nc1cc(C(F)(F)F)ccc1N(C)Cc1ccccc1. The number of hydrogen-bond donors (Lipinski definition) is 1. The van der Waals surface area contributed by atoms with Crippen LogP contribution in [0, 0.1) is 0 Å². The van der Waals surface area contributed by atoms with Crippen LogP contribution in [0.25, 0.3) is 0 Å². The van der Waals surface area contributed by atoms with Crippen LogP contribution in [-0.2, 0) is 17.5 Å². The molecule has 0 aromatic heterocycles. The fraction of sp³-hybridized carbons (Fsp3) is 0.235. The molecule has 24 heavy (non-hydrogen) atoms. The lowest BCUT2D eigenvalue weighted by molar-refractivity contribution is -0.137. The highest BCUT2D eigenvalue weighted by Crippen LogP contribution is 2.35. The van der Waals surface area contributed by atoms with Crippen molar-refractivity contribution >= 4 is 17.5 Å². The molecule has 0 saturated carbocycles. The quantitative estimate of drug-likeness (QED) is 0.891. The molecule has 0 saturated heterocycles. The number of halogens is 3. The molecular formula is C17H17F3N2O2. The molecule has 0 heterocycles. The second-order valence-electron chi connectivity index (χ2n) is 5.19. The number of alkyl halides is 3. The summed E-state index contributed by atoms with van der Waals surface area (Å²) in [7, 11) is 2.88. The van der Waals surface area contributed by atoms with E-state index >= 15 is 0 Å².